The van der Waals surface area contributed by atoms with E-state index in [0.29, 0.717) is 44.8 Å². The molecule has 2 heterocycles. The summed E-state index contributed by atoms with van der Waals surface area (Å²) in [4.78, 5) is 14.4. The van der Waals surface area contributed by atoms with Crippen LogP contribution in [0.25, 0.3) is 0 Å². The van der Waals surface area contributed by atoms with Crippen LogP contribution in [-0.4, -0.2) is 67.5 Å². The summed E-state index contributed by atoms with van der Waals surface area (Å²) in [5.41, 5.74) is 0.0183. The Kier molecular flexibility index (Phi) is 10.1. The number of hydrogen-bond donors (Lipinski definition) is 3. The molecule has 1 amide bonds. The van der Waals surface area contributed by atoms with Gasteiger partial charge in [-0.2, -0.15) is 13.2 Å². The summed E-state index contributed by atoms with van der Waals surface area (Å²) < 4.78 is 43.8. The number of amides is 1. The van der Waals surface area contributed by atoms with Gasteiger partial charge in [0.15, 0.2) is 0 Å². The summed E-state index contributed by atoms with van der Waals surface area (Å²) in [6, 6.07) is 4.38. The number of halogens is 5. The van der Waals surface area contributed by atoms with Gasteiger partial charge in [-0.1, -0.05) is 12.1 Å². The molecule has 0 spiro atoms. The fourth-order valence-corrected chi connectivity index (χ4v) is 3.48. The van der Waals surface area contributed by atoms with Gasteiger partial charge in [-0.25, -0.2) is 0 Å². The molecule has 29 heavy (non-hydrogen) atoms. The number of aliphatic hydroxyl groups excluding tert-OH is 1. The molecule has 3 unspecified atom stereocenters. The first-order chi connectivity index (χ1) is 12.8. The fraction of sp³-hybridized carbons (Fsp3) is 0.611. The number of β-amino-alcohol motifs (C(OH)–C–C–N with tert-alkyl or cyclic N) is 1. The second-order valence-corrected chi connectivity index (χ2v) is 6.88. The van der Waals surface area contributed by atoms with Gasteiger partial charge in [0.1, 0.15) is 0 Å². The van der Waals surface area contributed by atoms with Crippen molar-refractivity contribution in [2.45, 2.75) is 30.8 Å². The first-order valence-electron chi connectivity index (χ1n) is 9.02. The standard InChI is InChI=1S/C18H24F3N3O3.2ClH/c19-18(20,21)13-3-1-12(2-4-13)16(24-5-7-27-8-6-24)11-23-17(26)15-9-14(25)10-22-15;;/h1-4,14-16,22,25H,5-11H2,(H,23,26);2*1H. The number of hydrogen-bond acceptors (Lipinski definition) is 5. The van der Waals surface area contributed by atoms with Gasteiger partial charge in [-0.05, 0) is 24.1 Å². The second-order valence-electron chi connectivity index (χ2n) is 6.88. The molecule has 6 nitrogen and oxygen atoms in total. The molecule has 3 atom stereocenters. The number of carbonyl (C=O) groups excluding carboxylic acids is 1. The Morgan fingerprint density at radius 3 is 2.38 bits per heavy atom. The van der Waals surface area contributed by atoms with Crippen LogP contribution in [0.2, 0.25) is 0 Å². The lowest BCUT2D eigenvalue weighted by Crippen LogP contribution is -2.47. The van der Waals surface area contributed by atoms with Gasteiger partial charge in [0, 0.05) is 26.2 Å². The molecule has 2 saturated heterocycles. The maximum atomic E-state index is 12.8. The molecular formula is C18H26Cl2F3N3O3. The molecule has 166 valence electrons. The van der Waals surface area contributed by atoms with Crippen molar-refractivity contribution in [1.29, 1.82) is 0 Å². The number of ether oxygens (including phenoxy) is 1. The number of rotatable bonds is 5. The van der Waals surface area contributed by atoms with Crippen molar-refractivity contribution in [1.82, 2.24) is 15.5 Å². The van der Waals surface area contributed by atoms with E-state index in [1.807, 2.05) is 0 Å². The number of nitrogens with zero attached hydrogens (tertiary/aromatic N) is 1. The number of alkyl halides is 3. The Bertz CT molecular complexity index is 643. The quantitative estimate of drug-likeness (QED) is 0.625. The van der Waals surface area contributed by atoms with Crippen molar-refractivity contribution in [3.8, 4) is 0 Å². The molecule has 3 N–H and O–H groups in total. The van der Waals surface area contributed by atoms with Crippen LogP contribution in [0, 0.1) is 0 Å². The second kappa shape index (κ2) is 11.3. The van der Waals surface area contributed by atoms with Crippen LogP contribution in [0.3, 0.4) is 0 Å². The lowest BCUT2D eigenvalue weighted by atomic mass is 10.0. The summed E-state index contributed by atoms with van der Waals surface area (Å²) in [6.45, 7) is 3.02. The third-order valence-corrected chi connectivity index (χ3v) is 5.00. The Balaban J connectivity index is 0.00000210. The average molecular weight is 460 g/mol. The zero-order valence-electron chi connectivity index (χ0n) is 15.7. The largest absolute Gasteiger partial charge is 0.416 e. The van der Waals surface area contributed by atoms with E-state index in [2.05, 4.69) is 15.5 Å². The van der Waals surface area contributed by atoms with E-state index >= 15 is 0 Å². The van der Waals surface area contributed by atoms with Gasteiger partial charge in [0.2, 0.25) is 5.91 Å². The third-order valence-electron chi connectivity index (χ3n) is 5.00. The van der Waals surface area contributed by atoms with Crippen molar-refractivity contribution >= 4 is 30.7 Å². The molecule has 0 radical (unpaired) electrons. The summed E-state index contributed by atoms with van der Waals surface area (Å²) in [5, 5.41) is 15.4. The summed E-state index contributed by atoms with van der Waals surface area (Å²) >= 11 is 0. The van der Waals surface area contributed by atoms with Gasteiger partial charge in [0.05, 0.1) is 37.0 Å². The maximum Gasteiger partial charge on any atom is 0.416 e. The number of nitrogens with one attached hydrogen (secondary N) is 2. The van der Waals surface area contributed by atoms with Crippen LogP contribution >= 0.6 is 24.8 Å². The SMILES string of the molecule is Cl.Cl.O=C(NCC(c1ccc(C(F)(F)F)cc1)N1CCOCC1)C1CC(O)CN1. The number of morpholine rings is 1. The number of aliphatic hydroxyl groups is 1. The van der Waals surface area contributed by atoms with E-state index in [1.54, 1.807) is 0 Å². The van der Waals surface area contributed by atoms with Gasteiger partial charge in [-0.15, -0.1) is 24.8 Å². The maximum absolute atomic E-state index is 12.8. The Morgan fingerprint density at radius 2 is 1.86 bits per heavy atom. The van der Waals surface area contributed by atoms with Gasteiger partial charge < -0.3 is 20.5 Å². The molecule has 11 heteroatoms. The molecule has 0 saturated carbocycles. The molecule has 1 aromatic carbocycles. The van der Waals surface area contributed by atoms with E-state index in [0.717, 1.165) is 12.1 Å². The van der Waals surface area contributed by atoms with Crippen LogP contribution in [0.1, 0.15) is 23.6 Å². The summed E-state index contributed by atoms with van der Waals surface area (Å²) in [6.07, 6.45) is -4.56. The fourth-order valence-electron chi connectivity index (χ4n) is 3.48. The zero-order chi connectivity index (χ0) is 19.4. The lowest BCUT2D eigenvalue weighted by Gasteiger charge is -2.35. The summed E-state index contributed by atoms with van der Waals surface area (Å²) in [5.74, 6) is -0.211. The minimum Gasteiger partial charge on any atom is -0.392 e. The van der Waals surface area contributed by atoms with Crippen LogP contribution < -0.4 is 10.6 Å². The van der Waals surface area contributed by atoms with E-state index in [-0.39, 0.29) is 43.3 Å². The molecule has 0 aromatic heterocycles. The van der Waals surface area contributed by atoms with Gasteiger partial charge >= 0.3 is 6.18 Å². The third kappa shape index (κ3) is 6.97. The predicted molar refractivity (Wildman–Crippen MR) is 106 cm³/mol. The van der Waals surface area contributed by atoms with E-state index in [4.69, 9.17) is 4.74 Å². The molecule has 0 bridgehead atoms. The highest BCUT2D eigenvalue weighted by molar-refractivity contribution is 5.85. The van der Waals surface area contributed by atoms with Crippen LogP contribution in [0.5, 0.6) is 0 Å². The molecule has 2 aliphatic rings. The highest BCUT2D eigenvalue weighted by atomic mass is 35.5. The summed E-state index contributed by atoms with van der Waals surface area (Å²) in [7, 11) is 0. The van der Waals surface area contributed by atoms with Crippen LogP contribution in [-0.2, 0) is 15.7 Å². The first kappa shape index (κ1) is 25.9. The molecule has 3 rings (SSSR count). The van der Waals surface area contributed by atoms with Gasteiger partial charge in [-0.3, -0.25) is 9.69 Å². The number of benzene rings is 1. The lowest BCUT2D eigenvalue weighted by molar-refractivity contribution is -0.137. The van der Waals surface area contributed by atoms with Crippen LogP contribution in [0.4, 0.5) is 13.2 Å². The molecular weight excluding hydrogens is 434 g/mol. The Labute approximate surface area is 180 Å². The monoisotopic (exact) mass is 459 g/mol. The minimum absolute atomic E-state index is 0. The number of carbonyl (C=O) groups is 1. The van der Waals surface area contributed by atoms with E-state index in [1.165, 1.54) is 12.1 Å². The zero-order valence-corrected chi connectivity index (χ0v) is 17.3. The van der Waals surface area contributed by atoms with Crippen molar-refractivity contribution in [3.63, 3.8) is 0 Å². The van der Waals surface area contributed by atoms with Crippen molar-refractivity contribution < 1.29 is 27.8 Å². The van der Waals surface area contributed by atoms with Gasteiger partial charge in [0.25, 0.3) is 0 Å². The van der Waals surface area contributed by atoms with E-state index < -0.39 is 23.9 Å². The van der Waals surface area contributed by atoms with E-state index in [9.17, 15) is 23.1 Å². The first-order valence-corrected chi connectivity index (χ1v) is 9.02. The molecule has 0 aliphatic carbocycles. The predicted octanol–water partition coefficient (Wildman–Crippen LogP) is 1.76. The molecule has 2 aliphatic heterocycles. The molecule has 1 aromatic rings. The highest BCUT2D eigenvalue weighted by Crippen LogP contribution is 2.31. The Morgan fingerprint density at radius 1 is 1.24 bits per heavy atom. The average Bonchev–Trinajstić information content (AvgIpc) is 3.09. The van der Waals surface area contributed by atoms with Crippen molar-refractivity contribution in [2.24, 2.45) is 0 Å². The van der Waals surface area contributed by atoms with Crippen molar-refractivity contribution in [2.75, 3.05) is 39.4 Å². The Hall–Kier alpha value is -1.10. The van der Waals surface area contributed by atoms with Crippen LogP contribution in [0.15, 0.2) is 24.3 Å². The van der Waals surface area contributed by atoms with Crippen molar-refractivity contribution in [3.05, 3.63) is 35.4 Å². The topological polar surface area (TPSA) is 73.8 Å². The highest BCUT2D eigenvalue weighted by Gasteiger charge is 2.32. The minimum atomic E-state index is -4.38. The normalized spacial score (nSPS) is 23.6. The molecule has 2 fully saturated rings. The smallest absolute Gasteiger partial charge is 0.392 e.